The van der Waals surface area contributed by atoms with Crippen LogP contribution in [0.1, 0.15) is 59.8 Å². The number of allylic oxidation sites excluding steroid dienone is 3. The van der Waals surface area contributed by atoms with Crippen LogP contribution in [-0.2, 0) is 0 Å². The monoisotopic (exact) mass is 416 g/mol. The van der Waals surface area contributed by atoms with Gasteiger partial charge in [0.2, 0.25) is 0 Å². The Labute approximate surface area is 183 Å². The first-order valence-corrected chi connectivity index (χ1v) is 11.4. The normalized spacial score (nSPS) is 21.4. The summed E-state index contributed by atoms with van der Waals surface area (Å²) in [5.74, 6) is 1.34. The minimum absolute atomic E-state index is 0.419. The standard InChI is InChI=1S/C24H44N6/c1-18(25)20(17-28-5)21(26)6-7-22(27)29-16-19-14-24(15-19)9-12-30(13-10-24)11-8-23(2,3)4/h6-7,17,19,25,28-29H,8-16,26-27H2,1-5H3/b20-17+,21-6-,22-7+,25-18?. The summed E-state index contributed by atoms with van der Waals surface area (Å²) >= 11 is 0. The molecule has 0 aromatic rings. The van der Waals surface area contributed by atoms with Gasteiger partial charge in [0, 0.05) is 36.8 Å². The van der Waals surface area contributed by atoms with Crippen LogP contribution in [0.5, 0.6) is 0 Å². The molecule has 0 aromatic carbocycles. The third-order valence-corrected chi connectivity index (χ3v) is 6.58. The molecule has 1 aliphatic heterocycles. The molecular formula is C24H44N6. The molecule has 6 heteroatoms. The fourth-order valence-electron chi connectivity index (χ4n) is 4.60. The molecule has 0 amide bonds. The third-order valence-electron chi connectivity index (χ3n) is 6.58. The Morgan fingerprint density at radius 3 is 2.33 bits per heavy atom. The van der Waals surface area contributed by atoms with E-state index in [0.717, 1.165) is 6.54 Å². The molecule has 30 heavy (non-hydrogen) atoms. The molecule has 7 N–H and O–H groups in total. The highest BCUT2D eigenvalue weighted by Crippen LogP contribution is 2.52. The van der Waals surface area contributed by atoms with Gasteiger partial charge in [0.15, 0.2) is 0 Å². The lowest BCUT2D eigenvalue weighted by Crippen LogP contribution is -2.49. The second-order valence-electron chi connectivity index (χ2n) is 10.5. The van der Waals surface area contributed by atoms with Crippen molar-refractivity contribution in [2.75, 3.05) is 33.2 Å². The highest BCUT2D eigenvalue weighted by molar-refractivity contribution is 5.99. The minimum atomic E-state index is 0.419. The summed E-state index contributed by atoms with van der Waals surface area (Å²) < 4.78 is 0. The number of likely N-dealkylation sites (tertiary alicyclic amines) is 1. The van der Waals surface area contributed by atoms with Crippen molar-refractivity contribution in [1.82, 2.24) is 15.5 Å². The average Bonchev–Trinajstić information content (AvgIpc) is 2.65. The van der Waals surface area contributed by atoms with E-state index in [1.54, 1.807) is 32.3 Å². The molecule has 2 rings (SSSR count). The maximum absolute atomic E-state index is 7.80. The highest BCUT2D eigenvalue weighted by atomic mass is 15.1. The second kappa shape index (κ2) is 10.4. The zero-order chi connectivity index (χ0) is 22.4. The van der Waals surface area contributed by atoms with E-state index in [1.165, 1.54) is 51.7 Å². The van der Waals surface area contributed by atoms with Crippen molar-refractivity contribution in [1.29, 1.82) is 5.41 Å². The molecular weight excluding hydrogens is 372 g/mol. The van der Waals surface area contributed by atoms with Crippen LogP contribution < -0.4 is 22.1 Å². The van der Waals surface area contributed by atoms with Gasteiger partial charge in [-0.05, 0) is 87.6 Å². The Bertz CT molecular complexity index is 666. The highest BCUT2D eigenvalue weighted by Gasteiger charge is 2.45. The van der Waals surface area contributed by atoms with E-state index >= 15 is 0 Å². The average molecular weight is 417 g/mol. The summed E-state index contributed by atoms with van der Waals surface area (Å²) in [4.78, 5) is 2.66. The molecule has 1 saturated carbocycles. The lowest BCUT2D eigenvalue weighted by Gasteiger charge is -2.52. The van der Waals surface area contributed by atoms with Crippen LogP contribution in [0.25, 0.3) is 0 Å². The summed E-state index contributed by atoms with van der Waals surface area (Å²) in [6, 6.07) is 0. The largest absolute Gasteiger partial charge is 0.398 e. The molecule has 1 saturated heterocycles. The van der Waals surface area contributed by atoms with Crippen LogP contribution >= 0.6 is 0 Å². The van der Waals surface area contributed by atoms with Crippen LogP contribution in [0.2, 0.25) is 0 Å². The van der Waals surface area contributed by atoms with Crippen molar-refractivity contribution >= 4 is 5.71 Å². The Balaban J connectivity index is 1.72. The SMILES string of the molecule is CN/C=C(C(C)=N)/C(N)=C/C=C(\N)NCC1CC2(CCN(CCC(C)(C)C)CC2)C1. The van der Waals surface area contributed by atoms with Crippen molar-refractivity contribution < 1.29 is 0 Å². The van der Waals surface area contributed by atoms with Crippen molar-refractivity contribution in [2.45, 2.75) is 59.8 Å². The smallest absolute Gasteiger partial charge is 0.0960 e. The molecule has 0 aromatic heterocycles. The molecule has 0 atom stereocenters. The molecule has 2 aliphatic rings. The lowest BCUT2D eigenvalue weighted by molar-refractivity contribution is -0.0135. The van der Waals surface area contributed by atoms with E-state index in [2.05, 4.69) is 36.3 Å². The van der Waals surface area contributed by atoms with E-state index in [-0.39, 0.29) is 0 Å². The van der Waals surface area contributed by atoms with Gasteiger partial charge in [-0.3, -0.25) is 0 Å². The molecule has 6 nitrogen and oxygen atoms in total. The topological polar surface area (TPSA) is 103 Å². The van der Waals surface area contributed by atoms with Crippen LogP contribution in [0.15, 0.2) is 35.4 Å². The van der Waals surface area contributed by atoms with E-state index in [9.17, 15) is 0 Å². The van der Waals surface area contributed by atoms with Gasteiger partial charge in [-0.15, -0.1) is 0 Å². The zero-order valence-electron chi connectivity index (χ0n) is 19.8. The molecule has 1 heterocycles. The first kappa shape index (κ1) is 24.3. The summed E-state index contributed by atoms with van der Waals surface area (Å²) in [5.41, 5.74) is 14.8. The Hall–Kier alpha value is -1.95. The van der Waals surface area contributed by atoms with Crippen molar-refractivity contribution in [2.24, 2.45) is 28.2 Å². The number of hydrogen-bond donors (Lipinski definition) is 5. The molecule has 1 aliphatic carbocycles. The maximum Gasteiger partial charge on any atom is 0.0960 e. The number of nitrogens with one attached hydrogen (secondary N) is 3. The van der Waals surface area contributed by atoms with Gasteiger partial charge in [0.1, 0.15) is 0 Å². The number of nitrogens with zero attached hydrogens (tertiary/aromatic N) is 1. The van der Waals surface area contributed by atoms with Crippen molar-refractivity contribution in [3.05, 3.63) is 35.4 Å². The van der Waals surface area contributed by atoms with Crippen LogP contribution in [0.4, 0.5) is 0 Å². The zero-order valence-corrected chi connectivity index (χ0v) is 19.8. The first-order chi connectivity index (χ1) is 14.0. The predicted octanol–water partition coefficient (Wildman–Crippen LogP) is 3.29. The third kappa shape index (κ3) is 7.38. The van der Waals surface area contributed by atoms with E-state index in [4.69, 9.17) is 16.9 Å². The number of hydrogen-bond acceptors (Lipinski definition) is 6. The summed E-state index contributed by atoms with van der Waals surface area (Å²) in [5, 5.41) is 14.1. The van der Waals surface area contributed by atoms with Crippen LogP contribution in [0, 0.1) is 22.2 Å². The van der Waals surface area contributed by atoms with Gasteiger partial charge >= 0.3 is 0 Å². The van der Waals surface area contributed by atoms with Gasteiger partial charge in [-0.2, -0.15) is 0 Å². The Morgan fingerprint density at radius 2 is 1.80 bits per heavy atom. The molecule has 0 unspecified atom stereocenters. The van der Waals surface area contributed by atoms with Crippen LogP contribution in [0.3, 0.4) is 0 Å². The fraction of sp³-hybridized carbons (Fsp3) is 0.708. The molecule has 170 valence electrons. The van der Waals surface area contributed by atoms with Crippen molar-refractivity contribution in [3.63, 3.8) is 0 Å². The van der Waals surface area contributed by atoms with Gasteiger partial charge in [0.25, 0.3) is 0 Å². The van der Waals surface area contributed by atoms with E-state index in [1.807, 2.05) is 0 Å². The molecule has 2 fully saturated rings. The predicted molar refractivity (Wildman–Crippen MR) is 128 cm³/mol. The summed E-state index contributed by atoms with van der Waals surface area (Å²) in [6.07, 6.45) is 11.9. The summed E-state index contributed by atoms with van der Waals surface area (Å²) in [7, 11) is 1.79. The minimum Gasteiger partial charge on any atom is -0.398 e. The summed E-state index contributed by atoms with van der Waals surface area (Å²) in [6.45, 7) is 13.4. The first-order valence-electron chi connectivity index (χ1n) is 11.4. The van der Waals surface area contributed by atoms with E-state index < -0.39 is 0 Å². The second-order valence-corrected chi connectivity index (χ2v) is 10.5. The van der Waals surface area contributed by atoms with Gasteiger partial charge in [-0.25, -0.2) is 0 Å². The fourth-order valence-corrected chi connectivity index (χ4v) is 4.60. The number of piperidine rings is 1. The maximum atomic E-state index is 7.80. The lowest BCUT2D eigenvalue weighted by atomic mass is 9.57. The molecule has 1 spiro atoms. The number of rotatable bonds is 9. The quantitative estimate of drug-likeness (QED) is 0.293. The Kier molecular flexibility index (Phi) is 8.42. The Morgan fingerprint density at radius 1 is 1.17 bits per heavy atom. The van der Waals surface area contributed by atoms with Gasteiger partial charge in [0.05, 0.1) is 5.82 Å². The molecule has 0 radical (unpaired) electrons. The molecule has 0 bridgehead atoms. The van der Waals surface area contributed by atoms with Crippen molar-refractivity contribution in [3.8, 4) is 0 Å². The van der Waals surface area contributed by atoms with Gasteiger partial charge in [-0.1, -0.05) is 20.8 Å². The van der Waals surface area contributed by atoms with Crippen LogP contribution in [-0.4, -0.2) is 43.8 Å². The van der Waals surface area contributed by atoms with Gasteiger partial charge < -0.3 is 32.4 Å². The number of nitrogens with two attached hydrogens (primary N) is 2. The van der Waals surface area contributed by atoms with E-state index in [0.29, 0.717) is 39.6 Å².